The van der Waals surface area contributed by atoms with Gasteiger partial charge in [-0.3, -0.25) is 4.79 Å². The molecule has 0 saturated carbocycles. The molecule has 0 aromatic rings. The van der Waals surface area contributed by atoms with Gasteiger partial charge in [0.1, 0.15) is 5.41 Å². The molecule has 0 rings (SSSR count). The van der Waals surface area contributed by atoms with E-state index in [2.05, 4.69) is 13.8 Å². The number of unbranched alkanes of at least 4 members (excludes halogenated alkanes) is 10. The third kappa shape index (κ3) is 9.24. The molecule has 0 aromatic heterocycles. The van der Waals surface area contributed by atoms with Gasteiger partial charge >= 0.3 is 11.9 Å². The summed E-state index contributed by atoms with van der Waals surface area (Å²) >= 11 is 0. The van der Waals surface area contributed by atoms with Crippen molar-refractivity contribution in [3.63, 3.8) is 0 Å². The van der Waals surface area contributed by atoms with E-state index in [1.807, 2.05) is 0 Å². The minimum Gasteiger partial charge on any atom is -0.481 e. The van der Waals surface area contributed by atoms with Crippen molar-refractivity contribution in [1.29, 1.82) is 0 Å². The highest BCUT2D eigenvalue weighted by atomic mass is 16.4. The van der Waals surface area contributed by atoms with Crippen LogP contribution in [0.2, 0.25) is 0 Å². The van der Waals surface area contributed by atoms with Crippen LogP contribution in [0, 0.1) is 5.41 Å². The summed E-state index contributed by atoms with van der Waals surface area (Å²) in [4.78, 5) is 23.2. The first-order valence-electron chi connectivity index (χ1n) is 10.1. The first-order valence-corrected chi connectivity index (χ1v) is 10.1. The molecule has 0 aliphatic rings. The molecule has 3 N–H and O–H groups in total. The molecule has 0 aromatic carbocycles. The number of aliphatic hydroxyl groups excluding tert-OH is 1. The van der Waals surface area contributed by atoms with Crippen LogP contribution in [0.25, 0.3) is 0 Å². The van der Waals surface area contributed by atoms with Gasteiger partial charge in [-0.05, 0) is 12.8 Å². The maximum absolute atomic E-state index is 11.9. The quantitative estimate of drug-likeness (QED) is 0.318. The van der Waals surface area contributed by atoms with Gasteiger partial charge < -0.3 is 15.3 Å². The van der Waals surface area contributed by atoms with Crippen LogP contribution in [0.5, 0.6) is 0 Å². The van der Waals surface area contributed by atoms with Crippen molar-refractivity contribution in [2.75, 3.05) is 0 Å². The van der Waals surface area contributed by atoms with E-state index in [-0.39, 0.29) is 12.8 Å². The van der Waals surface area contributed by atoms with Gasteiger partial charge in [-0.1, -0.05) is 90.9 Å². The number of carboxylic acid groups (broad SMARTS) is 2. The van der Waals surface area contributed by atoms with Crippen molar-refractivity contribution in [2.45, 2.75) is 110 Å². The summed E-state index contributed by atoms with van der Waals surface area (Å²) < 4.78 is 0. The maximum atomic E-state index is 11.9. The Morgan fingerprint density at radius 1 is 0.720 bits per heavy atom. The molecule has 5 nitrogen and oxygen atoms in total. The highest BCUT2D eigenvalue weighted by Crippen LogP contribution is 2.36. The van der Waals surface area contributed by atoms with Crippen LogP contribution in [-0.2, 0) is 9.59 Å². The summed E-state index contributed by atoms with van der Waals surface area (Å²) in [7, 11) is 0. The van der Waals surface area contributed by atoms with Crippen molar-refractivity contribution in [3.05, 3.63) is 0 Å². The molecule has 0 saturated heterocycles. The van der Waals surface area contributed by atoms with Crippen LogP contribution in [-0.4, -0.2) is 33.4 Å². The first kappa shape index (κ1) is 23.9. The third-order valence-electron chi connectivity index (χ3n) is 5.14. The molecule has 5 heteroatoms. The van der Waals surface area contributed by atoms with Crippen molar-refractivity contribution in [3.8, 4) is 0 Å². The molecule has 0 aliphatic carbocycles. The standard InChI is InChI=1S/C20H38O5/c1-3-5-7-9-11-13-15-20(19(24)25,17(21)18(22)23)16-14-12-10-8-6-4-2/h17,21H,3-16H2,1-2H3,(H,22,23)(H,24,25). The lowest BCUT2D eigenvalue weighted by molar-refractivity contribution is -0.171. The largest absolute Gasteiger partial charge is 0.481 e. The zero-order valence-corrected chi connectivity index (χ0v) is 16.1. The van der Waals surface area contributed by atoms with Gasteiger partial charge in [0.15, 0.2) is 6.10 Å². The second-order valence-corrected chi connectivity index (χ2v) is 7.24. The monoisotopic (exact) mass is 358 g/mol. The minimum absolute atomic E-state index is 0.233. The van der Waals surface area contributed by atoms with E-state index in [0.29, 0.717) is 12.8 Å². The molecule has 0 fully saturated rings. The molecular weight excluding hydrogens is 320 g/mol. The van der Waals surface area contributed by atoms with E-state index < -0.39 is 23.5 Å². The second kappa shape index (κ2) is 14.1. The summed E-state index contributed by atoms with van der Waals surface area (Å²) in [6.45, 7) is 4.28. The SMILES string of the molecule is CCCCCCCCC(CCCCCCCC)(C(=O)O)C(O)C(=O)O. The van der Waals surface area contributed by atoms with Crippen LogP contribution >= 0.6 is 0 Å². The molecule has 1 atom stereocenters. The normalized spacial score (nSPS) is 12.9. The number of hydrogen-bond donors (Lipinski definition) is 3. The number of rotatable bonds is 17. The molecular formula is C20H38O5. The Labute approximate surface area is 152 Å². The van der Waals surface area contributed by atoms with Gasteiger partial charge in [0, 0.05) is 0 Å². The Hall–Kier alpha value is -1.10. The van der Waals surface area contributed by atoms with Crippen LogP contribution in [0.15, 0.2) is 0 Å². The summed E-state index contributed by atoms with van der Waals surface area (Å²) in [5.41, 5.74) is -1.55. The van der Waals surface area contributed by atoms with Gasteiger partial charge in [-0.25, -0.2) is 4.79 Å². The molecule has 0 bridgehead atoms. The zero-order chi connectivity index (χ0) is 19.1. The number of carbonyl (C=O) groups is 2. The molecule has 25 heavy (non-hydrogen) atoms. The fraction of sp³-hybridized carbons (Fsp3) is 0.900. The highest BCUT2D eigenvalue weighted by molar-refractivity contribution is 5.84. The third-order valence-corrected chi connectivity index (χ3v) is 5.14. The van der Waals surface area contributed by atoms with Gasteiger partial charge in [0.05, 0.1) is 0 Å². The van der Waals surface area contributed by atoms with Crippen molar-refractivity contribution in [1.82, 2.24) is 0 Å². The predicted octanol–water partition coefficient (Wildman–Crippen LogP) is 5.00. The molecule has 0 aliphatic heterocycles. The Morgan fingerprint density at radius 2 is 1.08 bits per heavy atom. The fourth-order valence-electron chi connectivity index (χ4n) is 3.41. The summed E-state index contributed by atoms with van der Waals surface area (Å²) in [6, 6.07) is 0. The molecule has 0 radical (unpaired) electrons. The van der Waals surface area contributed by atoms with E-state index in [1.54, 1.807) is 0 Å². The summed E-state index contributed by atoms with van der Waals surface area (Å²) in [5.74, 6) is -2.61. The lowest BCUT2D eigenvalue weighted by Gasteiger charge is -2.32. The van der Waals surface area contributed by atoms with E-state index in [1.165, 1.54) is 12.8 Å². The van der Waals surface area contributed by atoms with Crippen LogP contribution in [0.1, 0.15) is 104 Å². The molecule has 1 unspecified atom stereocenters. The summed E-state index contributed by atoms with van der Waals surface area (Å²) in [6.07, 6.45) is 10.6. The fourth-order valence-corrected chi connectivity index (χ4v) is 3.41. The summed E-state index contributed by atoms with van der Waals surface area (Å²) in [5, 5.41) is 29.0. The Morgan fingerprint density at radius 3 is 1.40 bits per heavy atom. The molecule has 0 spiro atoms. The maximum Gasteiger partial charge on any atom is 0.333 e. The topological polar surface area (TPSA) is 94.8 Å². The predicted molar refractivity (Wildman–Crippen MR) is 99.7 cm³/mol. The molecule has 0 heterocycles. The van der Waals surface area contributed by atoms with Crippen molar-refractivity contribution >= 4 is 11.9 Å². The lowest BCUT2D eigenvalue weighted by Crippen LogP contribution is -2.47. The van der Waals surface area contributed by atoms with E-state index in [4.69, 9.17) is 0 Å². The lowest BCUT2D eigenvalue weighted by atomic mass is 9.73. The van der Waals surface area contributed by atoms with E-state index in [0.717, 1.165) is 51.4 Å². The first-order chi connectivity index (χ1) is 11.9. The van der Waals surface area contributed by atoms with E-state index >= 15 is 0 Å². The Bertz CT molecular complexity index is 351. The number of hydrogen-bond acceptors (Lipinski definition) is 3. The number of aliphatic hydroxyl groups is 1. The number of carboxylic acids is 2. The Kier molecular flexibility index (Phi) is 13.5. The highest BCUT2D eigenvalue weighted by Gasteiger charge is 2.47. The minimum atomic E-state index is -1.84. The van der Waals surface area contributed by atoms with Crippen molar-refractivity contribution < 1.29 is 24.9 Å². The second-order valence-electron chi connectivity index (χ2n) is 7.24. The van der Waals surface area contributed by atoms with Gasteiger partial charge in [-0.15, -0.1) is 0 Å². The molecule has 148 valence electrons. The van der Waals surface area contributed by atoms with E-state index in [9.17, 15) is 24.9 Å². The Balaban J connectivity index is 4.66. The van der Waals surface area contributed by atoms with Gasteiger partial charge in [0.25, 0.3) is 0 Å². The van der Waals surface area contributed by atoms with Crippen molar-refractivity contribution in [2.24, 2.45) is 5.41 Å². The average Bonchev–Trinajstić information content (AvgIpc) is 2.58. The van der Waals surface area contributed by atoms with Crippen LogP contribution in [0.4, 0.5) is 0 Å². The smallest absolute Gasteiger partial charge is 0.333 e. The average molecular weight is 359 g/mol. The molecule has 0 amide bonds. The van der Waals surface area contributed by atoms with Crippen LogP contribution < -0.4 is 0 Å². The van der Waals surface area contributed by atoms with Gasteiger partial charge in [0.2, 0.25) is 0 Å². The zero-order valence-electron chi connectivity index (χ0n) is 16.1. The number of aliphatic carboxylic acids is 2. The van der Waals surface area contributed by atoms with Gasteiger partial charge in [-0.2, -0.15) is 0 Å². The van der Waals surface area contributed by atoms with Crippen LogP contribution in [0.3, 0.4) is 0 Å².